The van der Waals surface area contributed by atoms with Crippen molar-refractivity contribution < 1.29 is 17.9 Å². The van der Waals surface area contributed by atoms with Gasteiger partial charge in [0.05, 0.1) is 48.2 Å². The van der Waals surface area contributed by atoms with Crippen molar-refractivity contribution in [2.24, 2.45) is 0 Å². The molecule has 3 aliphatic heterocycles. The molecular weight excluding hydrogens is 554 g/mol. The number of rotatable bonds is 7. The van der Waals surface area contributed by atoms with E-state index in [0.717, 1.165) is 101 Å². The number of aromatic nitrogens is 3. The highest BCUT2D eigenvalue weighted by molar-refractivity contribution is 7.92. The van der Waals surface area contributed by atoms with E-state index in [1.807, 2.05) is 10.6 Å². The van der Waals surface area contributed by atoms with Gasteiger partial charge in [0, 0.05) is 56.4 Å². The van der Waals surface area contributed by atoms with Crippen molar-refractivity contribution in [2.75, 3.05) is 61.8 Å². The van der Waals surface area contributed by atoms with E-state index >= 15 is 0 Å². The van der Waals surface area contributed by atoms with Crippen molar-refractivity contribution in [1.82, 2.24) is 24.4 Å². The molecular formula is C27H34ClN7O4S. The first-order chi connectivity index (χ1) is 19.2. The van der Waals surface area contributed by atoms with Crippen LogP contribution in [0.2, 0.25) is 5.02 Å². The van der Waals surface area contributed by atoms with Gasteiger partial charge < -0.3 is 14.5 Å². The number of fused-ring (bicyclic) bond motifs is 1. The Labute approximate surface area is 239 Å². The molecule has 1 amide bonds. The minimum Gasteiger partial charge on any atom is -0.379 e. The quantitative estimate of drug-likeness (QED) is 0.449. The summed E-state index contributed by atoms with van der Waals surface area (Å²) < 4.78 is 33.9. The highest BCUT2D eigenvalue weighted by atomic mass is 35.5. The molecule has 13 heteroatoms. The fourth-order valence-corrected chi connectivity index (χ4v) is 6.38. The predicted octanol–water partition coefficient (Wildman–Crippen LogP) is 3.16. The zero-order valence-corrected chi connectivity index (χ0v) is 24.1. The zero-order chi connectivity index (χ0) is 27.9. The van der Waals surface area contributed by atoms with Crippen molar-refractivity contribution in [2.45, 2.75) is 38.3 Å². The number of nitrogens with one attached hydrogen (secondary N) is 1. The minimum atomic E-state index is -3.59. The van der Waals surface area contributed by atoms with Crippen LogP contribution in [0.5, 0.6) is 0 Å². The summed E-state index contributed by atoms with van der Waals surface area (Å²) in [7, 11) is -3.59. The van der Waals surface area contributed by atoms with Gasteiger partial charge in [-0.3, -0.25) is 14.4 Å². The van der Waals surface area contributed by atoms with E-state index in [1.165, 1.54) is 12.1 Å². The summed E-state index contributed by atoms with van der Waals surface area (Å²) in [6, 6.07) is 8.48. The van der Waals surface area contributed by atoms with Crippen LogP contribution in [0.25, 0.3) is 5.65 Å². The molecule has 3 saturated heterocycles. The van der Waals surface area contributed by atoms with Gasteiger partial charge in [-0.2, -0.15) is 5.10 Å². The molecule has 1 unspecified atom stereocenters. The van der Waals surface area contributed by atoms with Gasteiger partial charge in [-0.05, 0) is 43.9 Å². The highest BCUT2D eigenvalue weighted by Crippen LogP contribution is 2.34. The van der Waals surface area contributed by atoms with E-state index in [4.69, 9.17) is 26.4 Å². The van der Waals surface area contributed by atoms with Crippen molar-refractivity contribution >= 4 is 44.7 Å². The van der Waals surface area contributed by atoms with Crippen LogP contribution < -0.4 is 9.62 Å². The van der Waals surface area contributed by atoms with Gasteiger partial charge in [-0.1, -0.05) is 11.6 Å². The lowest BCUT2D eigenvalue weighted by Gasteiger charge is -2.35. The lowest BCUT2D eigenvalue weighted by Crippen LogP contribution is -2.39. The average Bonchev–Trinajstić information content (AvgIpc) is 3.33. The van der Waals surface area contributed by atoms with E-state index in [0.29, 0.717) is 11.6 Å². The molecule has 3 aliphatic rings. The van der Waals surface area contributed by atoms with Crippen LogP contribution in [0, 0.1) is 0 Å². The third kappa shape index (κ3) is 5.76. The summed E-state index contributed by atoms with van der Waals surface area (Å²) in [5, 5.41) is 5.38. The summed E-state index contributed by atoms with van der Waals surface area (Å²) in [4.78, 5) is 25.3. The maximum absolute atomic E-state index is 13.9. The fraction of sp³-hybridized carbons (Fsp3) is 0.519. The molecule has 40 heavy (non-hydrogen) atoms. The first-order valence-electron chi connectivity index (χ1n) is 13.8. The summed E-state index contributed by atoms with van der Waals surface area (Å²) in [5.41, 5.74) is 3.04. The van der Waals surface area contributed by atoms with Crippen LogP contribution in [0.4, 0.5) is 11.5 Å². The summed E-state index contributed by atoms with van der Waals surface area (Å²) in [6.45, 7) is 6.44. The topological polar surface area (TPSA) is 112 Å². The number of sulfonamides is 1. The third-order valence-electron chi connectivity index (χ3n) is 7.79. The van der Waals surface area contributed by atoms with E-state index in [1.54, 1.807) is 11.0 Å². The Bertz CT molecular complexity index is 1520. The van der Waals surface area contributed by atoms with Crippen molar-refractivity contribution in [3.63, 3.8) is 0 Å². The summed E-state index contributed by atoms with van der Waals surface area (Å²) in [5.74, 6) is 0.679. The Kier molecular flexibility index (Phi) is 7.60. The number of carbonyl (C=O) groups excluding carboxylic acids is 1. The van der Waals surface area contributed by atoms with Crippen molar-refractivity contribution in [1.29, 1.82) is 0 Å². The standard InChI is InChI=1S/C27H34ClN7O4S/c1-40(37,38)31-22-7-6-19(28)15-21(22)27(36)34-10-3-2-5-24(34)23-17-26-29-25(33-8-4-9-33)16-20(35(26)30-23)18-32-11-13-39-14-12-32/h6-7,15-17,24,31H,2-5,8-14,18H2,1H3. The van der Waals surface area contributed by atoms with E-state index in [2.05, 4.69) is 20.6 Å². The number of nitrogens with zero attached hydrogens (tertiary/aromatic N) is 6. The van der Waals surface area contributed by atoms with Crippen LogP contribution in [0.15, 0.2) is 30.3 Å². The van der Waals surface area contributed by atoms with Gasteiger partial charge in [-0.15, -0.1) is 0 Å². The molecule has 214 valence electrons. The van der Waals surface area contributed by atoms with Gasteiger partial charge in [0.15, 0.2) is 5.65 Å². The highest BCUT2D eigenvalue weighted by Gasteiger charge is 2.33. The molecule has 2 aromatic heterocycles. The Morgan fingerprint density at radius 1 is 1.07 bits per heavy atom. The van der Waals surface area contributed by atoms with Gasteiger partial charge in [0.2, 0.25) is 10.0 Å². The molecule has 1 N–H and O–H groups in total. The Morgan fingerprint density at radius 2 is 1.88 bits per heavy atom. The first-order valence-corrected chi connectivity index (χ1v) is 16.0. The maximum atomic E-state index is 13.9. The number of halogens is 1. The molecule has 11 nitrogen and oxygen atoms in total. The van der Waals surface area contributed by atoms with E-state index < -0.39 is 10.0 Å². The first kappa shape index (κ1) is 27.3. The molecule has 0 bridgehead atoms. The van der Waals surface area contributed by atoms with Crippen LogP contribution in [0.1, 0.15) is 53.5 Å². The van der Waals surface area contributed by atoms with E-state index in [-0.39, 0.29) is 23.2 Å². The monoisotopic (exact) mass is 587 g/mol. The van der Waals surface area contributed by atoms with Gasteiger partial charge in [0.25, 0.3) is 5.91 Å². The largest absolute Gasteiger partial charge is 0.379 e. The number of hydrogen-bond donors (Lipinski definition) is 1. The molecule has 0 radical (unpaired) electrons. The predicted molar refractivity (Wildman–Crippen MR) is 153 cm³/mol. The van der Waals surface area contributed by atoms with Gasteiger partial charge >= 0.3 is 0 Å². The number of piperidine rings is 1. The maximum Gasteiger partial charge on any atom is 0.256 e. The minimum absolute atomic E-state index is 0.213. The average molecular weight is 588 g/mol. The number of carbonyl (C=O) groups is 1. The second-order valence-corrected chi connectivity index (χ2v) is 12.9. The molecule has 3 fully saturated rings. The molecule has 0 saturated carbocycles. The van der Waals surface area contributed by atoms with Crippen LogP contribution in [-0.2, 0) is 21.3 Å². The molecule has 1 atom stereocenters. The summed E-state index contributed by atoms with van der Waals surface area (Å²) >= 11 is 6.24. The molecule has 1 aromatic carbocycles. The summed E-state index contributed by atoms with van der Waals surface area (Å²) in [6.07, 6.45) is 4.79. The second-order valence-electron chi connectivity index (χ2n) is 10.7. The van der Waals surface area contributed by atoms with E-state index in [9.17, 15) is 13.2 Å². The number of morpholine rings is 1. The molecule has 0 aliphatic carbocycles. The molecule has 6 rings (SSSR count). The zero-order valence-electron chi connectivity index (χ0n) is 22.6. The van der Waals surface area contributed by atoms with Crippen molar-refractivity contribution in [3.8, 4) is 0 Å². The lowest BCUT2D eigenvalue weighted by atomic mass is 9.98. The normalized spacial score (nSPS) is 20.5. The number of anilines is 2. The van der Waals surface area contributed by atoms with Gasteiger partial charge in [-0.25, -0.2) is 17.9 Å². The third-order valence-corrected chi connectivity index (χ3v) is 8.61. The van der Waals surface area contributed by atoms with Gasteiger partial charge in [0.1, 0.15) is 5.82 Å². The molecule has 0 spiro atoms. The molecule has 5 heterocycles. The lowest BCUT2D eigenvalue weighted by molar-refractivity contribution is 0.0333. The van der Waals surface area contributed by atoms with Crippen LogP contribution in [-0.4, -0.2) is 90.9 Å². The number of amides is 1. The second kappa shape index (κ2) is 11.2. The van der Waals surface area contributed by atoms with Crippen LogP contribution in [0.3, 0.4) is 0 Å². The molecule has 3 aromatic rings. The number of hydrogen-bond acceptors (Lipinski definition) is 8. The van der Waals surface area contributed by atoms with Crippen molar-refractivity contribution in [3.05, 3.63) is 52.3 Å². The fourth-order valence-electron chi connectivity index (χ4n) is 5.63. The SMILES string of the molecule is CS(=O)(=O)Nc1ccc(Cl)cc1C(=O)N1CCCCC1c1cc2nc(N3CCC3)cc(CN3CCOCC3)n2n1. The Hall–Kier alpha value is -2.93. The smallest absolute Gasteiger partial charge is 0.256 e. The number of likely N-dealkylation sites (tertiary alicyclic amines) is 1. The Balaban J connectivity index is 1.36. The van der Waals surface area contributed by atoms with Crippen LogP contribution >= 0.6 is 11.6 Å². The number of ether oxygens (including phenoxy) is 1. The Morgan fingerprint density at radius 3 is 2.60 bits per heavy atom. The number of benzene rings is 1.